The van der Waals surface area contributed by atoms with Gasteiger partial charge in [-0.2, -0.15) is 0 Å². The Morgan fingerprint density at radius 3 is 2.81 bits per heavy atom. The Hall–Kier alpha value is -3.80. The molecule has 228 valence electrons. The molecule has 43 heavy (non-hydrogen) atoms. The fraction of sp³-hybridized carbons (Fsp3) is 0.438. The summed E-state index contributed by atoms with van der Waals surface area (Å²) in [5, 5.41) is 18.2. The van der Waals surface area contributed by atoms with Crippen LogP contribution >= 0.6 is 11.3 Å². The monoisotopic (exact) mass is 603 g/mol. The van der Waals surface area contributed by atoms with E-state index in [9.17, 15) is 14.7 Å². The van der Waals surface area contributed by atoms with Gasteiger partial charge >= 0.3 is 0 Å². The number of hydrogen-bond acceptors (Lipinski definition) is 8. The van der Waals surface area contributed by atoms with Gasteiger partial charge in [-0.1, -0.05) is 13.8 Å². The van der Waals surface area contributed by atoms with E-state index in [1.165, 1.54) is 26.7 Å². The number of allylic oxidation sites excluding steroid dienone is 3. The average molecular weight is 604 g/mol. The molecule has 0 spiro atoms. The Morgan fingerprint density at radius 1 is 1.28 bits per heavy atom. The topological polar surface area (TPSA) is 116 Å². The molecule has 0 bridgehead atoms. The maximum Gasteiger partial charge on any atom is 0.215 e. The lowest BCUT2D eigenvalue weighted by Crippen LogP contribution is -2.29. The summed E-state index contributed by atoms with van der Waals surface area (Å²) >= 11 is 1.63. The van der Waals surface area contributed by atoms with Gasteiger partial charge in [-0.15, -0.1) is 11.3 Å². The van der Waals surface area contributed by atoms with E-state index in [2.05, 4.69) is 47.0 Å². The first-order valence-electron chi connectivity index (χ1n) is 14.6. The molecule has 4 heterocycles. The number of anilines is 2. The van der Waals surface area contributed by atoms with Crippen LogP contribution in [0.4, 0.5) is 10.9 Å². The van der Waals surface area contributed by atoms with Crippen molar-refractivity contribution < 1.29 is 14.7 Å². The van der Waals surface area contributed by atoms with Crippen LogP contribution < -0.4 is 15.5 Å². The maximum absolute atomic E-state index is 12.4. The highest BCUT2D eigenvalue weighted by atomic mass is 32.1. The first-order chi connectivity index (χ1) is 20.6. The Kier molecular flexibility index (Phi) is 9.14. The zero-order chi connectivity index (χ0) is 30.7. The van der Waals surface area contributed by atoms with Crippen LogP contribution in [0, 0.1) is 12.3 Å². The van der Waals surface area contributed by atoms with Crippen LogP contribution in [0.25, 0.3) is 5.57 Å². The second-order valence-corrected chi connectivity index (χ2v) is 13.3. The molecule has 0 aromatic carbocycles. The number of rotatable bonds is 12. The maximum atomic E-state index is 12.4. The molecule has 0 radical (unpaired) electrons. The van der Waals surface area contributed by atoms with Crippen molar-refractivity contribution in [1.82, 2.24) is 24.8 Å². The van der Waals surface area contributed by atoms with Crippen molar-refractivity contribution in [3.63, 3.8) is 0 Å². The first kappa shape index (κ1) is 30.7. The minimum absolute atomic E-state index is 0.235. The molecule has 0 saturated heterocycles. The highest BCUT2D eigenvalue weighted by Gasteiger charge is 2.32. The highest BCUT2D eigenvalue weighted by molar-refractivity contribution is 7.15. The number of aliphatic hydroxyl groups is 1. The zero-order valence-corrected chi connectivity index (χ0v) is 26.4. The number of nitrogens with zero attached hydrogens (tertiary/aromatic N) is 5. The fourth-order valence-corrected chi connectivity index (χ4v) is 7.17. The number of pyridine rings is 1. The third-order valence-corrected chi connectivity index (χ3v) is 9.09. The molecule has 1 aliphatic carbocycles. The van der Waals surface area contributed by atoms with E-state index in [0.717, 1.165) is 61.7 Å². The third-order valence-electron chi connectivity index (χ3n) is 8.07. The van der Waals surface area contributed by atoms with E-state index in [1.807, 2.05) is 13.0 Å². The van der Waals surface area contributed by atoms with E-state index >= 15 is 0 Å². The molecule has 2 amide bonds. The Labute approximate surface area is 257 Å². The lowest BCUT2D eigenvalue weighted by molar-refractivity contribution is -0.115. The standard InChI is InChI=1S/C32H41N7O3S/c1-21(35-31-36-27-7-8-33-16-29(27)43-31)12-24(17-37(5)19-41)25-6-9-34-30(26(25)18-40)38(20-42)10-11-39-22(2)13-23-14-32(3,4)15-28(23)39/h6,9,12-13,17,19-20,33,40H,7-8,10-11,14-16,18H2,1-5H3,(H,35,36)/b21-12+,24-17+. The smallest absolute Gasteiger partial charge is 0.215 e. The number of fused-ring (bicyclic) bond motifs is 2. The number of carbonyl (C=O) groups is 2. The predicted octanol–water partition coefficient (Wildman–Crippen LogP) is 4.02. The summed E-state index contributed by atoms with van der Waals surface area (Å²) in [7, 11) is 1.66. The molecule has 5 rings (SSSR count). The summed E-state index contributed by atoms with van der Waals surface area (Å²) in [6.07, 6.45) is 9.71. The summed E-state index contributed by atoms with van der Waals surface area (Å²) in [4.78, 5) is 37.5. The number of thiazole rings is 1. The first-order valence-corrected chi connectivity index (χ1v) is 15.5. The molecule has 3 aromatic rings. The van der Waals surface area contributed by atoms with Crippen molar-refractivity contribution in [2.24, 2.45) is 5.41 Å². The minimum Gasteiger partial charge on any atom is -0.392 e. The summed E-state index contributed by atoms with van der Waals surface area (Å²) in [5.74, 6) is 0.399. The predicted molar refractivity (Wildman–Crippen MR) is 171 cm³/mol. The lowest BCUT2D eigenvalue weighted by atomic mass is 9.90. The number of amides is 2. The van der Waals surface area contributed by atoms with Crippen LogP contribution in [0.5, 0.6) is 0 Å². The number of carbonyl (C=O) groups excluding carboxylic acids is 2. The molecule has 0 atom stereocenters. The molecule has 0 saturated carbocycles. The van der Waals surface area contributed by atoms with Crippen LogP contribution in [-0.4, -0.2) is 57.5 Å². The Bertz CT molecular complexity index is 1550. The second-order valence-electron chi connectivity index (χ2n) is 12.2. The van der Waals surface area contributed by atoms with Crippen LogP contribution in [0.2, 0.25) is 0 Å². The fourth-order valence-electron chi connectivity index (χ4n) is 6.13. The van der Waals surface area contributed by atoms with Crippen LogP contribution in [0.1, 0.15) is 59.4 Å². The van der Waals surface area contributed by atoms with Crippen molar-refractivity contribution in [2.45, 2.75) is 66.7 Å². The van der Waals surface area contributed by atoms with Crippen LogP contribution in [0.15, 0.2) is 36.3 Å². The molecule has 10 nitrogen and oxygen atoms in total. The van der Waals surface area contributed by atoms with E-state index in [-0.39, 0.29) is 12.0 Å². The molecule has 3 aromatic heterocycles. The van der Waals surface area contributed by atoms with E-state index in [1.54, 1.807) is 41.7 Å². The molecule has 11 heteroatoms. The molecule has 0 fully saturated rings. The summed E-state index contributed by atoms with van der Waals surface area (Å²) in [6, 6.07) is 4.06. The van der Waals surface area contributed by atoms with Crippen molar-refractivity contribution in [3.8, 4) is 0 Å². The van der Waals surface area contributed by atoms with Gasteiger partial charge in [-0.3, -0.25) is 14.5 Å². The number of aliphatic hydroxyl groups excluding tert-OH is 1. The van der Waals surface area contributed by atoms with Gasteiger partial charge in [0.25, 0.3) is 0 Å². The molecule has 1 aliphatic heterocycles. The zero-order valence-electron chi connectivity index (χ0n) is 25.6. The van der Waals surface area contributed by atoms with Crippen LogP contribution in [-0.2, 0) is 48.5 Å². The van der Waals surface area contributed by atoms with Gasteiger partial charge in [-0.25, -0.2) is 9.97 Å². The molecule has 0 unspecified atom stereocenters. The number of aryl methyl sites for hydroxylation is 1. The Morgan fingerprint density at radius 2 is 2.09 bits per heavy atom. The van der Waals surface area contributed by atoms with E-state index < -0.39 is 0 Å². The van der Waals surface area contributed by atoms with Gasteiger partial charge in [0.05, 0.1) is 12.3 Å². The van der Waals surface area contributed by atoms with Crippen molar-refractivity contribution in [2.75, 3.05) is 30.4 Å². The SMILES string of the molecule is C/C(=C\C(=C/N(C)C=O)c1ccnc(N(C=O)CCn2c(C)cc3c2CC(C)(C)C3)c1CO)Nc1nc2c(s1)CNCC2. The lowest BCUT2D eigenvalue weighted by Gasteiger charge is -2.23. The summed E-state index contributed by atoms with van der Waals surface area (Å²) in [5.41, 5.74) is 7.95. The normalized spacial score (nSPS) is 16.0. The van der Waals surface area contributed by atoms with Crippen LogP contribution in [0.3, 0.4) is 0 Å². The molecular formula is C32H41N7O3S. The number of nitrogens with one attached hydrogen (secondary N) is 2. The molecule has 3 N–H and O–H groups in total. The van der Waals surface area contributed by atoms with Gasteiger partial charge in [0.15, 0.2) is 5.13 Å². The van der Waals surface area contributed by atoms with Gasteiger partial charge in [0, 0.05) is 85.1 Å². The third kappa shape index (κ3) is 6.74. The van der Waals surface area contributed by atoms with Crippen molar-refractivity contribution in [1.29, 1.82) is 0 Å². The second kappa shape index (κ2) is 12.8. The highest BCUT2D eigenvalue weighted by Crippen LogP contribution is 2.38. The largest absolute Gasteiger partial charge is 0.392 e. The van der Waals surface area contributed by atoms with Crippen molar-refractivity contribution >= 4 is 40.7 Å². The Balaban J connectivity index is 1.43. The van der Waals surface area contributed by atoms with Gasteiger partial charge in [0.2, 0.25) is 12.8 Å². The number of aromatic nitrogens is 3. The average Bonchev–Trinajstić information content (AvgIpc) is 3.61. The summed E-state index contributed by atoms with van der Waals surface area (Å²) in [6.45, 7) is 11.1. The quantitative estimate of drug-likeness (QED) is 0.212. The van der Waals surface area contributed by atoms with Gasteiger partial charge in [0.1, 0.15) is 5.82 Å². The number of hydrogen-bond donors (Lipinski definition) is 3. The van der Waals surface area contributed by atoms with Crippen molar-refractivity contribution in [3.05, 3.63) is 75.0 Å². The van der Waals surface area contributed by atoms with E-state index in [4.69, 9.17) is 4.98 Å². The molecule has 2 aliphatic rings. The van der Waals surface area contributed by atoms with E-state index in [0.29, 0.717) is 35.6 Å². The molecular weight excluding hydrogens is 562 g/mol. The minimum atomic E-state index is -0.330. The summed E-state index contributed by atoms with van der Waals surface area (Å²) < 4.78 is 2.30. The van der Waals surface area contributed by atoms with Gasteiger partial charge in [-0.05, 0) is 61.4 Å². The van der Waals surface area contributed by atoms with Gasteiger partial charge < -0.3 is 25.2 Å².